The number of anilines is 2. The number of ketones is 1. The number of nitrogens with zero attached hydrogens (tertiary/aromatic N) is 2. The molecule has 33 heavy (non-hydrogen) atoms. The second kappa shape index (κ2) is 8.50. The number of ether oxygens (including phenoxy) is 3. The molecule has 2 heterocycles. The number of aromatic nitrogens is 2. The van der Waals surface area contributed by atoms with E-state index in [0.29, 0.717) is 52.9 Å². The molecule has 0 amide bonds. The molecule has 2 N–H and O–H groups in total. The lowest BCUT2D eigenvalue weighted by Crippen LogP contribution is -2.27. The molecule has 0 unspecified atom stereocenters. The van der Waals surface area contributed by atoms with Gasteiger partial charge in [-0.25, -0.2) is 4.63 Å². The maximum atomic E-state index is 13.6. The van der Waals surface area contributed by atoms with Crippen molar-refractivity contribution in [1.29, 1.82) is 0 Å². The Bertz CT molecular complexity index is 1220. The molecule has 9 heteroatoms. The van der Waals surface area contributed by atoms with Gasteiger partial charge in [-0.2, -0.15) is 0 Å². The standard InChI is InChI=1S/C24H24N4O5/c1-30-18-12-20(32-3)19(31-2)11-15(18)22-21-16(25-23-24(26-22)28-33-27-23)9-14(10-17(21)29)13-7-5-4-6-8-13/h4-8,11-12,14,22H,9-10H2,1-3H3,(H,25,27)(H,26,28)/t14-,22-/m0/s1. The Kier molecular flexibility index (Phi) is 5.37. The average molecular weight is 448 g/mol. The summed E-state index contributed by atoms with van der Waals surface area (Å²) in [4.78, 5) is 13.6. The molecule has 0 spiro atoms. The van der Waals surface area contributed by atoms with Crippen LogP contribution in [0.3, 0.4) is 0 Å². The predicted octanol–water partition coefficient (Wildman–Crippen LogP) is 4.07. The van der Waals surface area contributed by atoms with Crippen LogP contribution in [-0.4, -0.2) is 37.4 Å². The second-order valence-electron chi connectivity index (χ2n) is 7.94. The predicted molar refractivity (Wildman–Crippen MR) is 121 cm³/mol. The summed E-state index contributed by atoms with van der Waals surface area (Å²) in [5.41, 5.74) is 3.23. The summed E-state index contributed by atoms with van der Waals surface area (Å²) in [6.45, 7) is 0. The summed E-state index contributed by atoms with van der Waals surface area (Å²) in [6, 6.07) is 13.1. The molecule has 2 aromatic carbocycles. The minimum Gasteiger partial charge on any atom is -0.496 e. The van der Waals surface area contributed by atoms with Crippen LogP contribution in [0.4, 0.5) is 11.6 Å². The maximum Gasteiger partial charge on any atom is 0.219 e. The van der Waals surface area contributed by atoms with Gasteiger partial charge in [-0.05, 0) is 34.3 Å². The molecule has 0 fully saturated rings. The fourth-order valence-electron chi connectivity index (χ4n) is 4.57. The van der Waals surface area contributed by atoms with Gasteiger partial charge >= 0.3 is 0 Å². The smallest absolute Gasteiger partial charge is 0.219 e. The third-order valence-electron chi connectivity index (χ3n) is 6.15. The van der Waals surface area contributed by atoms with E-state index >= 15 is 0 Å². The zero-order chi connectivity index (χ0) is 22.9. The molecule has 1 aliphatic heterocycles. The zero-order valence-corrected chi connectivity index (χ0v) is 18.5. The van der Waals surface area contributed by atoms with Gasteiger partial charge in [0.15, 0.2) is 17.3 Å². The van der Waals surface area contributed by atoms with E-state index in [-0.39, 0.29) is 11.7 Å². The van der Waals surface area contributed by atoms with E-state index in [2.05, 4.69) is 33.1 Å². The van der Waals surface area contributed by atoms with Crippen LogP contribution in [0.25, 0.3) is 0 Å². The van der Waals surface area contributed by atoms with Crippen molar-refractivity contribution in [3.63, 3.8) is 0 Å². The summed E-state index contributed by atoms with van der Waals surface area (Å²) >= 11 is 0. The molecule has 0 saturated carbocycles. The second-order valence-corrected chi connectivity index (χ2v) is 7.94. The van der Waals surface area contributed by atoms with Crippen molar-refractivity contribution in [2.75, 3.05) is 32.0 Å². The van der Waals surface area contributed by atoms with Gasteiger partial charge in [0.1, 0.15) is 5.75 Å². The normalized spacial score (nSPS) is 19.5. The molecule has 5 rings (SSSR count). The van der Waals surface area contributed by atoms with Crippen molar-refractivity contribution in [2.45, 2.75) is 24.8 Å². The van der Waals surface area contributed by atoms with Gasteiger partial charge in [-0.15, -0.1) is 0 Å². The number of carbonyl (C=O) groups is 1. The van der Waals surface area contributed by atoms with Crippen molar-refractivity contribution in [2.24, 2.45) is 0 Å². The van der Waals surface area contributed by atoms with Crippen LogP contribution >= 0.6 is 0 Å². The maximum absolute atomic E-state index is 13.6. The largest absolute Gasteiger partial charge is 0.496 e. The Hall–Kier alpha value is -4.01. The summed E-state index contributed by atoms with van der Waals surface area (Å²) in [7, 11) is 4.70. The molecule has 0 saturated heterocycles. The van der Waals surface area contributed by atoms with Gasteiger partial charge in [-0.1, -0.05) is 30.3 Å². The van der Waals surface area contributed by atoms with Gasteiger partial charge in [0.25, 0.3) is 0 Å². The average Bonchev–Trinajstić information content (AvgIpc) is 3.22. The lowest BCUT2D eigenvalue weighted by molar-refractivity contribution is -0.116. The molecule has 9 nitrogen and oxygen atoms in total. The quantitative estimate of drug-likeness (QED) is 0.597. The minimum atomic E-state index is -0.556. The number of Topliss-reactive ketones (excluding diaryl/α,β-unsaturated/α-hetero) is 1. The number of rotatable bonds is 5. The van der Waals surface area contributed by atoms with Gasteiger partial charge < -0.3 is 24.8 Å². The fourth-order valence-corrected chi connectivity index (χ4v) is 4.57. The first-order valence-electron chi connectivity index (χ1n) is 10.6. The highest BCUT2D eigenvalue weighted by Gasteiger charge is 2.38. The summed E-state index contributed by atoms with van der Waals surface area (Å²) in [5, 5.41) is 14.6. The summed E-state index contributed by atoms with van der Waals surface area (Å²) in [5.74, 6) is 2.55. The van der Waals surface area contributed by atoms with Crippen LogP contribution in [0, 0.1) is 0 Å². The number of fused-ring (bicyclic) bond motifs is 1. The first-order chi connectivity index (χ1) is 16.1. The van der Waals surface area contributed by atoms with Crippen molar-refractivity contribution in [3.05, 3.63) is 64.9 Å². The van der Waals surface area contributed by atoms with E-state index in [4.69, 9.17) is 18.8 Å². The van der Waals surface area contributed by atoms with E-state index in [9.17, 15) is 4.79 Å². The molecule has 2 aliphatic rings. The first-order valence-corrected chi connectivity index (χ1v) is 10.6. The van der Waals surface area contributed by atoms with Crippen LogP contribution in [0.2, 0.25) is 0 Å². The van der Waals surface area contributed by atoms with Crippen LogP contribution in [0.5, 0.6) is 17.2 Å². The zero-order valence-electron chi connectivity index (χ0n) is 18.5. The monoisotopic (exact) mass is 448 g/mol. The van der Waals surface area contributed by atoms with E-state index in [1.165, 1.54) is 0 Å². The van der Waals surface area contributed by atoms with E-state index in [1.54, 1.807) is 27.4 Å². The topological polar surface area (TPSA) is 108 Å². The molecule has 3 aromatic rings. The van der Waals surface area contributed by atoms with Crippen LogP contribution in [0.1, 0.15) is 35.9 Å². The molecular formula is C24H24N4O5. The van der Waals surface area contributed by atoms with Crippen LogP contribution < -0.4 is 24.8 Å². The van der Waals surface area contributed by atoms with Gasteiger partial charge in [-0.3, -0.25) is 4.79 Å². The Labute approximate surface area is 190 Å². The number of allylic oxidation sites excluding steroid dienone is 1. The number of carbonyl (C=O) groups excluding carboxylic acids is 1. The first kappa shape index (κ1) is 20.9. The van der Waals surface area contributed by atoms with Gasteiger partial charge in [0, 0.05) is 29.3 Å². The highest BCUT2D eigenvalue weighted by Crippen LogP contribution is 2.47. The molecule has 170 valence electrons. The summed E-state index contributed by atoms with van der Waals surface area (Å²) in [6.07, 6.45) is 1.04. The Morgan fingerprint density at radius 3 is 2.33 bits per heavy atom. The Balaban J connectivity index is 1.65. The number of benzene rings is 2. The molecule has 0 bridgehead atoms. The van der Waals surface area contributed by atoms with E-state index in [1.807, 2.05) is 24.3 Å². The van der Waals surface area contributed by atoms with Crippen molar-refractivity contribution in [3.8, 4) is 17.2 Å². The SMILES string of the molecule is COc1cc(OC)c([C@@H]2Nc3nonc3NC3=C2C(=O)C[C@@H](c2ccccc2)C3)cc1OC. The molecule has 1 aromatic heterocycles. The highest BCUT2D eigenvalue weighted by atomic mass is 16.6. The van der Waals surface area contributed by atoms with E-state index in [0.717, 1.165) is 11.3 Å². The Morgan fingerprint density at radius 1 is 0.909 bits per heavy atom. The van der Waals surface area contributed by atoms with Crippen molar-refractivity contribution >= 4 is 17.4 Å². The molecule has 2 atom stereocenters. The minimum absolute atomic E-state index is 0.0361. The highest BCUT2D eigenvalue weighted by molar-refractivity contribution is 6.01. The van der Waals surface area contributed by atoms with E-state index < -0.39 is 6.04 Å². The third kappa shape index (κ3) is 3.65. The fraction of sp³-hybridized carbons (Fsp3) is 0.292. The lowest BCUT2D eigenvalue weighted by atomic mass is 9.78. The summed E-state index contributed by atoms with van der Waals surface area (Å²) < 4.78 is 21.6. The number of hydrogen-bond donors (Lipinski definition) is 2. The number of hydrogen-bond acceptors (Lipinski definition) is 9. The van der Waals surface area contributed by atoms with Gasteiger partial charge in [0.05, 0.1) is 27.4 Å². The molecule has 0 radical (unpaired) electrons. The third-order valence-corrected chi connectivity index (χ3v) is 6.15. The van der Waals surface area contributed by atoms with Gasteiger partial charge in [0.2, 0.25) is 11.6 Å². The van der Waals surface area contributed by atoms with Crippen molar-refractivity contribution < 1.29 is 23.6 Å². The van der Waals surface area contributed by atoms with Crippen LogP contribution in [0.15, 0.2) is 58.4 Å². The van der Waals surface area contributed by atoms with Crippen molar-refractivity contribution in [1.82, 2.24) is 10.3 Å². The molecular weight excluding hydrogens is 424 g/mol. The lowest BCUT2D eigenvalue weighted by Gasteiger charge is -2.30. The number of nitrogens with one attached hydrogen (secondary N) is 2. The Morgan fingerprint density at radius 2 is 1.61 bits per heavy atom. The van der Waals surface area contributed by atoms with Crippen LogP contribution in [-0.2, 0) is 4.79 Å². The molecule has 1 aliphatic carbocycles. The number of methoxy groups -OCH3 is 3.